The number of benzene rings is 2. The molecular weight excluding hydrogens is 381 g/mol. The molecule has 1 atom stereocenters. The fraction of sp³-hybridized carbons (Fsp3) is 0.222. The summed E-state index contributed by atoms with van der Waals surface area (Å²) >= 11 is 0. The molecule has 0 saturated heterocycles. The number of hydrogen-bond acceptors (Lipinski definition) is 5. The number of nitrogens with zero attached hydrogens (tertiary/aromatic N) is 1. The number of nitrogens with one attached hydrogen (secondary N) is 1. The highest BCUT2D eigenvalue weighted by molar-refractivity contribution is 5.96. The maximum absolute atomic E-state index is 12.7. The van der Waals surface area contributed by atoms with Crippen LogP contribution in [0.4, 0.5) is 24.5 Å². The molecule has 0 aliphatic carbocycles. The number of nitro benzene ring substituents is 1. The summed E-state index contributed by atoms with van der Waals surface area (Å²) in [5, 5.41) is 13.2. The van der Waals surface area contributed by atoms with Crippen LogP contribution in [-0.4, -0.2) is 22.9 Å². The van der Waals surface area contributed by atoms with Crippen molar-refractivity contribution < 1.29 is 32.4 Å². The van der Waals surface area contributed by atoms with Gasteiger partial charge < -0.3 is 10.1 Å². The summed E-state index contributed by atoms with van der Waals surface area (Å²) in [6.45, 7) is 1.24. The first-order valence-electron chi connectivity index (χ1n) is 7.98. The molecule has 0 spiro atoms. The molecule has 28 heavy (non-hydrogen) atoms. The Morgan fingerprint density at radius 1 is 1.18 bits per heavy atom. The van der Waals surface area contributed by atoms with Crippen LogP contribution in [0.25, 0.3) is 0 Å². The van der Waals surface area contributed by atoms with Crippen molar-refractivity contribution in [2.24, 2.45) is 0 Å². The van der Waals surface area contributed by atoms with Gasteiger partial charge in [-0.15, -0.1) is 0 Å². The SMILES string of the molecule is C[C@@H](OC(=O)Cc1cccc(C(F)(F)F)c1)C(=O)Nc1ccccc1[N+](=O)[O-]. The van der Waals surface area contributed by atoms with E-state index in [1.54, 1.807) is 0 Å². The average molecular weight is 396 g/mol. The summed E-state index contributed by atoms with van der Waals surface area (Å²) in [6, 6.07) is 9.59. The molecule has 7 nitrogen and oxygen atoms in total. The van der Waals surface area contributed by atoms with E-state index >= 15 is 0 Å². The summed E-state index contributed by atoms with van der Waals surface area (Å²) in [5.74, 6) is -1.73. The Labute approximate surface area is 157 Å². The van der Waals surface area contributed by atoms with Gasteiger partial charge in [-0.3, -0.25) is 19.7 Å². The van der Waals surface area contributed by atoms with Crippen molar-refractivity contribution in [3.8, 4) is 0 Å². The van der Waals surface area contributed by atoms with Crippen LogP contribution in [0, 0.1) is 10.1 Å². The number of nitro groups is 1. The van der Waals surface area contributed by atoms with E-state index in [0.717, 1.165) is 18.2 Å². The van der Waals surface area contributed by atoms with Crippen molar-refractivity contribution >= 4 is 23.3 Å². The minimum absolute atomic E-state index is 0.0710. The lowest BCUT2D eigenvalue weighted by Gasteiger charge is -2.14. The Kier molecular flexibility index (Phi) is 6.34. The van der Waals surface area contributed by atoms with Crippen molar-refractivity contribution in [3.05, 3.63) is 69.8 Å². The summed E-state index contributed by atoms with van der Waals surface area (Å²) in [5.41, 5.74) is -1.23. The molecule has 0 fully saturated rings. The number of carbonyl (C=O) groups excluding carboxylic acids is 2. The van der Waals surface area contributed by atoms with E-state index in [9.17, 15) is 32.9 Å². The summed E-state index contributed by atoms with van der Waals surface area (Å²) in [7, 11) is 0. The Hall–Kier alpha value is -3.43. The molecule has 2 rings (SSSR count). The predicted molar refractivity (Wildman–Crippen MR) is 92.4 cm³/mol. The fourth-order valence-electron chi connectivity index (χ4n) is 2.29. The predicted octanol–water partition coefficient (Wildman–Crippen LogP) is 3.73. The number of carbonyl (C=O) groups is 2. The van der Waals surface area contributed by atoms with E-state index in [0.29, 0.717) is 0 Å². The molecule has 0 aromatic heterocycles. The number of anilines is 1. The van der Waals surface area contributed by atoms with Crippen molar-refractivity contribution in [1.82, 2.24) is 0 Å². The first-order valence-corrected chi connectivity index (χ1v) is 7.98. The van der Waals surface area contributed by atoms with E-state index in [4.69, 9.17) is 4.74 Å². The normalized spacial score (nSPS) is 12.1. The van der Waals surface area contributed by atoms with Crippen molar-refractivity contribution in [1.29, 1.82) is 0 Å². The van der Waals surface area contributed by atoms with Gasteiger partial charge in [0.2, 0.25) is 0 Å². The van der Waals surface area contributed by atoms with Gasteiger partial charge >= 0.3 is 12.1 Å². The maximum atomic E-state index is 12.7. The molecule has 0 radical (unpaired) electrons. The average Bonchev–Trinajstić information content (AvgIpc) is 2.61. The standard InChI is InChI=1S/C18H15F3N2O5/c1-11(17(25)22-14-7-2-3-8-15(14)23(26)27)28-16(24)10-12-5-4-6-13(9-12)18(19,20)21/h2-9,11H,10H2,1H3,(H,22,25)/t11-/m1/s1. The fourth-order valence-corrected chi connectivity index (χ4v) is 2.29. The molecule has 2 aromatic carbocycles. The Balaban J connectivity index is 1.99. The summed E-state index contributed by atoms with van der Waals surface area (Å²) in [4.78, 5) is 34.3. The van der Waals surface area contributed by atoms with Gasteiger partial charge in [0.25, 0.3) is 11.6 Å². The van der Waals surface area contributed by atoms with Crippen LogP contribution < -0.4 is 5.32 Å². The van der Waals surface area contributed by atoms with Gasteiger partial charge in [0, 0.05) is 6.07 Å². The first kappa shape index (κ1) is 20.9. The molecule has 148 valence electrons. The molecule has 0 bridgehead atoms. The number of esters is 1. The van der Waals surface area contributed by atoms with Crippen LogP contribution in [-0.2, 0) is 26.9 Å². The molecule has 0 saturated carbocycles. The molecule has 0 aliphatic rings. The van der Waals surface area contributed by atoms with Crippen LogP contribution >= 0.6 is 0 Å². The lowest BCUT2D eigenvalue weighted by Crippen LogP contribution is -2.30. The number of rotatable bonds is 6. The van der Waals surface area contributed by atoms with E-state index in [1.807, 2.05) is 0 Å². The second kappa shape index (κ2) is 8.51. The quantitative estimate of drug-likeness (QED) is 0.456. The zero-order valence-electron chi connectivity index (χ0n) is 14.5. The first-order chi connectivity index (χ1) is 13.1. The number of hydrogen-bond donors (Lipinski definition) is 1. The van der Waals surface area contributed by atoms with E-state index in [1.165, 1.54) is 37.3 Å². The highest BCUT2D eigenvalue weighted by Crippen LogP contribution is 2.29. The highest BCUT2D eigenvalue weighted by atomic mass is 19.4. The third-order valence-electron chi connectivity index (χ3n) is 3.64. The van der Waals surface area contributed by atoms with Crippen LogP contribution in [0.5, 0.6) is 0 Å². The largest absolute Gasteiger partial charge is 0.452 e. The van der Waals surface area contributed by atoms with Gasteiger partial charge in [0.15, 0.2) is 6.10 Å². The number of para-hydroxylation sites is 2. The highest BCUT2D eigenvalue weighted by Gasteiger charge is 2.30. The van der Waals surface area contributed by atoms with Crippen molar-refractivity contribution in [2.45, 2.75) is 25.6 Å². The van der Waals surface area contributed by atoms with Gasteiger partial charge in [0.1, 0.15) is 5.69 Å². The third kappa shape index (κ3) is 5.53. The molecule has 2 aromatic rings. The smallest absolute Gasteiger partial charge is 0.416 e. The van der Waals surface area contributed by atoms with Crippen LogP contribution in [0.15, 0.2) is 48.5 Å². The second-order valence-electron chi connectivity index (χ2n) is 5.77. The van der Waals surface area contributed by atoms with Gasteiger partial charge in [-0.05, 0) is 24.6 Å². The summed E-state index contributed by atoms with van der Waals surface area (Å²) < 4.78 is 43.0. The van der Waals surface area contributed by atoms with Gasteiger partial charge in [-0.2, -0.15) is 13.2 Å². The second-order valence-corrected chi connectivity index (χ2v) is 5.77. The van der Waals surface area contributed by atoms with Gasteiger partial charge in [-0.1, -0.05) is 30.3 Å². The van der Waals surface area contributed by atoms with Gasteiger partial charge in [-0.25, -0.2) is 0 Å². The monoisotopic (exact) mass is 396 g/mol. The van der Waals surface area contributed by atoms with E-state index < -0.39 is 41.1 Å². The molecule has 1 N–H and O–H groups in total. The van der Waals surface area contributed by atoms with Gasteiger partial charge in [0.05, 0.1) is 16.9 Å². The Morgan fingerprint density at radius 2 is 1.86 bits per heavy atom. The van der Waals surface area contributed by atoms with Crippen molar-refractivity contribution in [2.75, 3.05) is 5.32 Å². The van der Waals surface area contributed by atoms with E-state index in [-0.39, 0.29) is 16.9 Å². The number of halogens is 3. The molecule has 0 aliphatic heterocycles. The lowest BCUT2D eigenvalue weighted by atomic mass is 10.1. The maximum Gasteiger partial charge on any atom is 0.416 e. The molecular formula is C18H15F3N2O5. The molecule has 10 heteroatoms. The minimum atomic E-state index is -4.54. The number of amides is 1. The third-order valence-corrected chi connectivity index (χ3v) is 3.64. The molecule has 0 unspecified atom stereocenters. The zero-order valence-corrected chi connectivity index (χ0v) is 14.5. The van der Waals surface area contributed by atoms with Crippen molar-refractivity contribution in [3.63, 3.8) is 0 Å². The zero-order chi connectivity index (χ0) is 20.9. The van der Waals surface area contributed by atoms with Crippen LogP contribution in [0.3, 0.4) is 0 Å². The number of ether oxygens (including phenoxy) is 1. The molecule has 0 heterocycles. The Morgan fingerprint density at radius 3 is 2.50 bits per heavy atom. The molecule has 1 amide bonds. The number of alkyl halides is 3. The lowest BCUT2D eigenvalue weighted by molar-refractivity contribution is -0.383. The minimum Gasteiger partial charge on any atom is -0.452 e. The van der Waals surface area contributed by atoms with Crippen LogP contribution in [0.1, 0.15) is 18.1 Å². The summed E-state index contributed by atoms with van der Waals surface area (Å²) in [6.07, 6.45) is -6.32. The van der Waals surface area contributed by atoms with Crippen LogP contribution in [0.2, 0.25) is 0 Å². The van der Waals surface area contributed by atoms with E-state index in [2.05, 4.69) is 5.32 Å². The Bertz CT molecular complexity index is 899. The topological polar surface area (TPSA) is 98.5 Å².